The molecule has 0 radical (unpaired) electrons. The summed E-state index contributed by atoms with van der Waals surface area (Å²) in [6, 6.07) is 1.34. The van der Waals surface area contributed by atoms with Gasteiger partial charge in [0.05, 0.1) is 23.8 Å². The first-order chi connectivity index (χ1) is 18.5. The van der Waals surface area contributed by atoms with E-state index in [4.69, 9.17) is 9.47 Å². The summed E-state index contributed by atoms with van der Waals surface area (Å²) >= 11 is 0. The molecule has 10 nitrogen and oxygen atoms in total. The Bertz CT molecular complexity index is 1660. The van der Waals surface area contributed by atoms with E-state index in [1.54, 1.807) is 34.6 Å². The Morgan fingerprint density at radius 1 is 1.00 bits per heavy atom. The van der Waals surface area contributed by atoms with Gasteiger partial charge in [-0.25, -0.2) is 0 Å². The first-order valence-corrected chi connectivity index (χ1v) is 12.7. The van der Waals surface area contributed by atoms with Gasteiger partial charge < -0.3 is 35.0 Å². The zero-order valence-electron chi connectivity index (χ0n) is 23.1. The number of Topliss-reactive ketones (excluding diaryl/α,β-unsaturated/α-hetero) is 3. The smallest absolute Gasteiger partial charge is 0.207 e. The molecular formula is C30H30O10. The molecule has 1 fully saturated rings. The number of ketones is 3. The minimum Gasteiger partial charge on any atom is -0.507 e. The highest BCUT2D eigenvalue weighted by Crippen LogP contribution is 2.61. The van der Waals surface area contributed by atoms with E-state index < -0.39 is 57.5 Å². The van der Waals surface area contributed by atoms with Crippen LogP contribution < -0.4 is 4.74 Å². The molecule has 1 aliphatic heterocycles. The van der Waals surface area contributed by atoms with Crippen molar-refractivity contribution in [3.63, 3.8) is 0 Å². The van der Waals surface area contributed by atoms with Crippen molar-refractivity contribution in [2.24, 2.45) is 5.41 Å². The number of ether oxygens (including phenoxy) is 2. The predicted molar refractivity (Wildman–Crippen MR) is 142 cm³/mol. The number of carbonyl (C=O) groups is 3. The van der Waals surface area contributed by atoms with E-state index in [2.05, 4.69) is 0 Å². The average Bonchev–Trinajstić information content (AvgIpc) is 3.06. The molecule has 0 aromatic heterocycles. The van der Waals surface area contributed by atoms with Gasteiger partial charge in [-0.3, -0.25) is 14.4 Å². The van der Waals surface area contributed by atoms with E-state index >= 15 is 0 Å². The van der Waals surface area contributed by atoms with Crippen LogP contribution in [-0.4, -0.2) is 61.7 Å². The molecule has 2 aromatic carbocycles. The highest BCUT2D eigenvalue weighted by Gasteiger charge is 2.66. The van der Waals surface area contributed by atoms with Gasteiger partial charge >= 0.3 is 0 Å². The molecule has 0 spiro atoms. The van der Waals surface area contributed by atoms with Crippen LogP contribution in [-0.2, 0) is 11.2 Å². The largest absolute Gasteiger partial charge is 0.507 e. The molecular weight excluding hydrogens is 520 g/mol. The number of benzene rings is 2. The fourth-order valence-electron chi connectivity index (χ4n) is 6.03. The lowest BCUT2D eigenvalue weighted by Gasteiger charge is -2.40. The molecule has 0 saturated carbocycles. The van der Waals surface area contributed by atoms with Crippen LogP contribution in [0.25, 0.3) is 5.57 Å². The van der Waals surface area contributed by atoms with Crippen molar-refractivity contribution in [3.05, 3.63) is 56.4 Å². The number of fused-ring (bicyclic) bond motifs is 1. The van der Waals surface area contributed by atoms with E-state index in [1.165, 1.54) is 13.0 Å². The van der Waals surface area contributed by atoms with Gasteiger partial charge in [0.2, 0.25) is 11.5 Å². The number of allylic oxidation sites excluding steroid dienone is 3. The second kappa shape index (κ2) is 8.34. The zero-order valence-corrected chi connectivity index (χ0v) is 23.1. The molecule has 5 rings (SSSR count). The molecule has 5 N–H and O–H groups in total. The summed E-state index contributed by atoms with van der Waals surface area (Å²) in [6.07, 6.45) is -1.04. The van der Waals surface area contributed by atoms with E-state index in [1.807, 2.05) is 0 Å². The van der Waals surface area contributed by atoms with Crippen molar-refractivity contribution in [1.29, 1.82) is 0 Å². The van der Waals surface area contributed by atoms with Crippen LogP contribution in [0.2, 0.25) is 0 Å². The fraction of sp³-hybridized carbons (Fsp3) is 0.367. The van der Waals surface area contributed by atoms with Gasteiger partial charge in [0.1, 0.15) is 23.4 Å². The van der Waals surface area contributed by atoms with Gasteiger partial charge in [-0.15, -0.1) is 0 Å². The standard InChI is InChI=1S/C30H30O10/c1-10-8-15(12(3)31)22(33)16(21(10)32)9-14-11(2)17-18-19(23(14)34)24(35)26(39-7)25(36)20(18)27(37)30(38)28(17)40-13(4)29(30,5)6/h8,13,32-33,35-36,38H,9H2,1-7H3/t13-,30-/m1/s1. The third-order valence-electron chi connectivity index (χ3n) is 8.84. The fourth-order valence-corrected chi connectivity index (χ4v) is 6.03. The summed E-state index contributed by atoms with van der Waals surface area (Å²) in [4.78, 5) is 40.2. The summed E-state index contributed by atoms with van der Waals surface area (Å²) in [6.45, 7) is 9.32. The molecule has 0 amide bonds. The lowest BCUT2D eigenvalue weighted by molar-refractivity contribution is -0.00671. The number of phenolic OH excluding ortho intramolecular Hbond substituents is 4. The van der Waals surface area contributed by atoms with Crippen LogP contribution in [0.3, 0.4) is 0 Å². The Morgan fingerprint density at radius 3 is 2.17 bits per heavy atom. The third-order valence-corrected chi connectivity index (χ3v) is 8.84. The van der Waals surface area contributed by atoms with Gasteiger partial charge in [-0.05, 0) is 44.9 Å². The van der Waals surface area contributed by atoms with Crippen LogP contribution >= 0.6 is 0 Å². The minimum atomic E-state index is -2.24. The molecule has 10 heteroatoms. The number of methoxy groups -OCH3 is 1. The minimum absolute atomic E-state index is 0.00708. The molecule has 1 saturated heterocycles. The number of hydrogen-bond donors (Lipinski definition) is 5. The number of rotatable bonds is 4. The maximum absolute atomic E-state index is 14.0. The van der Waals surface area contributed by atoms with E-state index in [-0.39, 0.29) is 62.5 Å². The van der Waals surface area contributed by atoms with Gasteiger partial charge in [-0.1, -0.05) is 13.8 Å². The molecule has 0 bridgehead atoms. The van der Waals surface area contributed by atoms with Gasteiger partial charge in [0.25, 0.3) is 0 Å². The van der Waals surface area contributed by atoms with Crippen LogP contribution in [0, 0.1) is 12.3 Å². The number of aromatic hydroxyl groups is 4. The molecule has 40 heavy (non-hydrogen) atoms. The van der Waals surface area contributed by atoms with Crippen molar-refractivity contribution in [1.82, 2.24) is 0 Å². The Morgan fingerprint density at radius 2 is 1.60 bits per heavy atom. The molecule has 210 valence electrons. The topological polar surface area (TPSA) is 171 Å². The van der Waals surface area contributed by atoms with Gasteiger partial charge in [0, 0.05) is 34.1 Å². The third kappa shape index (κ3) is 3.05. The van der Waals surface area contributed by atoms with Crippen molar-refractivity contribution < 1.29 is 49.4 Å². The number of phenols is 4. The second-order valence-electron chi connectivity index (χ2n) is 11.2. The first-order valence-electron chi connectivity index (χ1n) is 12.7. The monoisotopic (exact) mass is 550 g/mol. The molecule has 1 heterocycles. The normalized spacial score (nSPS) is 22.8. The summed E-state index contributed by atoms with van der Waals surface area (Å²) < 4.78 is 11.3. The molecule has 3 aliphatic rings. The van der Waals surface area contributed by atoms with Crippen molar-refractivity contribution in [2.45, 2.75) is 59.7 Å². The van der Waals surface area contributed by atoms with Gasteiger partial charge in [0.15, 0.2) is 28.7 Å². The number of aliphatic hydroxyl groups is 1. The summed E-state index contributed by atoms with van der Waals surface area (Å²) in [7, 11) is 1.14. The van der Waals surface area contributed by atoms with Crippen LogP contribution in [0.1, 0.15) is 82.4 Å². The summed E-state index contributed by atoms with van der Waals surface area (Å²) in [5, 5.41) is 55.9. The first kappa shape index (κ1) is 27.3. The maximum atomic E-state index is 14.0. The SMILES string of the molecule is COc1c(O)c2c3c(c1O)C(=O)[C@@]1(O)C(=C3C(C)=C(Cc3c(O)c(C)cc(C(C)=O)c3O)C2=O)O[C@H](C)C1(C)C. The molecule has 2 aromatic rings. The van der Waals surface area contributed by atoms with Crippen molar-refractivity contribution in [3.8, 4) is 28.7 Å². The molecule has 2 aliphatic carbocycles. The Balaban J connectivity index is 1.90. The lowest BCUT2D eigenvalue weighted by atomic mass is 9.62. The van der Waals surface area contributed by atoms with Crippen LogP contribution in [0.4, 0.5) is 0 Å². The van der Waals surface area contributed by atoms with E-state index in [0.29, 0.717) is 5.56 Å². The summed E-state index contributed by atoms with van der Waals surface area (Å²) in [5.41, 5.74) is -3.73. The highest BCUT2D eigenvalue weighted by molar-refractivity contribution is 6.26. The average molecular weight is 551 g/mol. The predicted octanol–water partition coefficient (Wildman–Crippen LogP) is 3.87. The number of hydrogen-bond acceptors (Lipinski definition) is 10. The number of aryl methyl sites for hydroxylation is 1. The van der Waals surface area contributed by atoms with Gasteiger partial charge in [-0.2, -0.15) is 0 Å². The highest BCUT2D eigenvalue weighted by atomic mass is 16.5. The Kier molecular flexibility index (Phi) is 5.69. The Labute approximate surface area is 229 Å². The Hall–Kier alpha value is -4.31. The zero-order chi connectivity index (χ0) is 29.8. The second-order valence-corrected chi connectivity index (χ2v) is 11.2. The maximum Gasteiger partial charge on any atom is 0.207 e. The quantitative estimate of drug-likeness (QED) is 0.352. The van der Waals surface area contributed by atoms with E-state index in [0.717, 1.165) is 7.11 Å². The number of carbonyl (C=O) groups excluding carboxylic acids is 3. The molecule has 2 atom stereocenters. The summed E-state index contributed by atoms with van der Waals surface area (Å²) in [5.74, 6) is -5.05. The van der Waals surface area contributed by atoms with Crippen LogP contribution in [0.5, 0.6) is 28.7 Å². The van der Waals surface area contributed by atoms with Crippen molar-refractivity contribution >= 4 is 22.9 Å². The van der Waals surface area contributed by atoms with Crippen LogP contribution in [0.15, 0.2) is 23.0 Å². The molecule has 0 unspecified atom stereocenters. The lowest BCUT2D eigenvalue weighted by Crippen LogP contribution is -2.53. The van der Waals surface area contributed by atoms with Crippen molar-refractivity contribution in [2.75, 3.05) is 7.11 Å². The van der Waals surface area contributed by atoms with E-state index in [9.17, 15) is 39.9 Å².